The Morgan fingerprint density at radius 2 is 2.14 bits per heavy atom. The summed E-state index contributed by atoms with van der Waals surface area (Å²) in [5, 5.41) is 7.22. The van der Waals surface area contributed by atoms with Crippen molar-refractivity contribution in [2.24, 2.45) is 5.73 Å². The molecule has 6 heteroatoms. The van der Waals surface area contributed by atoms with Crippen LogP contribution in [0.5, 0.6) is 5.75 Å². The lowest BCUT2D eigenvalue weighted by Gasteiger charge is -2.07. The third-order valence-electron chi connectivity index (χ3n) is 1.54. The molecule has 0 bridgehead atoms. The standard InChI is InChI=1S/C8H8ClFN2O.ClH/c1-13-7-5(9)3-2-4(6(7)10)8(11)12;/h2-3H,1H3,(H3,11,12);1H. The number of amidine groups is 1. The average molecular weight is 239 g/mol. The molecular formula is C8H9Cl2FN2O. The highest BCUT2D eigenvalue weighted by Gasteiger charge is 2.14. The Labute approximate surface area is 91.9 Å². The fourth-order valence-electron chi connectivity index (χ4n) is 0.928. The number of ether oxygens (including phenoxy) is 1. The smallest absolute Gasteiger partial charge is 0.177 e. The van der Waals surface area contributed by atoms with Gasteiger partial charge in [0.1, 0.15) is 5.84 Å². The van der Waals surface area contributed by atoms with Crippen LogP contribution in [0.3, 0.4) is 0 Å². The molecule has 0 heterocycles. The zero-order chi connectivity index (χ0) is 10.0. The van der Waals surface area contributed by atoms with Crippen LogP contribution >= 0.6 is 24.0 Å². The lowest BCUT2D eigenvalue weighted by atomic mass is 10.2. The van der Waals surface area contributed by atoms with Crippen LogP contribution in [0.1, 0.15) is 5.56 Å². The van der Waals surface area contributed by atoms with E-state index in [1.807, 2.05) is 0 Å². The molecule has 0 amide bonds. The first-order chi connectivity index (χ1) is 6.07. The van der Waals surface area contributed by atoms with Gasteiger partial charge < -0.3 is 10.5 Å². The fourth-order valence-corrected chi connectivity index (χ4v) is 1.15. The minimum atomic E-state index is -0.706. The van der Waals surface area contributed by atoms with E-state index in [9.17, 15) is 4.39 Å². The van der Waals surface area contributed by atoms with E-state index in [1.165, 1.54) is 19.2 Å². The van der Waals surface area contributed by atoms with E-state index in [-0.39, 0.29) is 34.6 Å². The Hall–Kier alpha value is -1.00. The largest absolute Gasteiger partial charge is 0.492 e. The van der Waals surface area contributed by atoms with Crippen LogP contribution in [0.15, 0.2) is 12.1 Å². The summed E-state index contributed by atoms with van der Waals surface area (Å²) in [5.41, 5.74) is 5.12. The first-order valence-electron chi connectivity index (χ1n) is 3.44. The molecular weight excluding hydrogens is 230 g/mol. The fraction of sp³-hybridized carbons (Fsp3) is 0.125. The van der Waals surface area contributed by atoms with E-state index in [0.717, 1.165) is 0 Å². The van der Waals surface area contributed by atoms with Crippen LogP contribution in [0, 0.1) is 11.2 Å². The van der Waals surface area contributed by atoms with E-state index in [4.69, 9.17) is 27.5 Å². The lowest BCUT2D eigenvalue weighted by Crippen LogP contribution is -2.13. The number of hydrogen-bond acceptors (Lipinski definition) is 2. The van der Waals surface area contributed by atoms with Gasteiger partial charge in [0, 0.05) is 0 Å². The summed E-state index contributed by atoms with van der Waals surface area (Å²) >= 11 is 5.63. The third kappa shape index (κ3) is 2.27. The number of nitrogen functional groups attached to an aromatic ring is 1. The molecule has 3 nitrogen and oxygen atoms in total. The van der Waals surface area contributed by atoms with Crippen molar-refractivity contribution >= 4 is 29.8 Å². The van der Waals surface area contributed by atoms with E-state index in [0.29, 0.717) is 0 Å². The van der Waals surface area contributed by atoms with E-state index < -0.39 is 5.82 Å². The number of hydrogen-bond donors (Lipinski definition) is 2. The van der Waals surface area contributed by atoms with Crippen LogP contribution in [0.4, 0.5) is 4.39 Å². The van der Waals surface area contributed by atoms with Crippen molar-refractivity contribution < 1.29 is 9.13 Å². The summed E-state index contributed by atoms with van der Waals surface area (Å²) in [5.74, 6) is -1.15. The maximum absolute atomic E-state index is 13.4. The quantitative estimate of drug-likeness (QED) is 0.613. The number of benzene rings is 1. The molecule has 0 saturated heterocycles. The second-order valence-electron chi connectivity index (χ2n) is 2.36. The Balaban J connectivity index is 0.00000169. The Kier molecular flexibility index (Phi) is 4.67. The molecule has 0 aromatic heterocycles. The van der Waals surface area contributed by atoms with Gasteiger partial charge in [-0.1, -0.05) is 11.6 Å². The van der Waals surface area contributed by atoms with Crippen LogP contribution < -0.4 is 10.5 Å². The molecule has 78 valence electrons. The summed E-state index contributed by atoms with van der Waals surface area (Å²) in [6, 6.07) is 2.77. The number of nitrogens with one attached hydrogen (secondary N) is 1. The zero-order valence-corrected chi connectivity index (χ0v) is 8.88. The van der Waals surface area contributed by atoms with E-state index in [2.05, 4.69) is 0 Å². The third-order valence-corrected chi connectivity index (χ3v) is 1.84. The summed E-state index contributed by atoms with van der Waals surface area (Å²) in [4.78, 5) is 0. The van der Waals surface area contributed by atoms with Gasteiger partial charge in [-0.2, -0.15) is 0 Å². The molecule has 0 saturated carbocycles. The highest BCUT2D eigenvalue weighted by atomic mass is 35.5. The van der Waals surface area contributed by atoms with Crippen molar-refractivity contribution in [2.45, 2.75) is 0 Å². The molecule has 0 unspecified atom stereocenters. The van der Waals surface area contributed by atoms with Crippen molar-refractivity contribution in [3.63, 3.8) is 0 Å². The molecule has 3 N–H and O–H groups in total. The minimum Gasteiger partial charge on any atom is -0.492 e. The summed E-state index contributed by atoms with van der Waals surface area (Å²) in [6.45, 7) is 0. The van der Waals surface area contributed by atoms with Crippen molar-refractivity contribution in [3.8, 4) is 5.75 Å². The lowest BCUT2D eigenvalue weighted by molar-refractivity contribution is 0.386. The summed E-state index contributed by atoms with van der Waals surface area (Å²) in [6.07, 6.45) is 0. The average Bonchev–Trinajstić information content (AvgIpc) is 2.04. The SMILES string of the molecule is COc1c(Cl)ccc(C(=N)N)c1F.Cl. The molecule has 0 aliphatic rings. The highest BCUT2D eigenvalue weighted by Crippen LogP contribution is 2.29. The van der Waals surface area contributed by atoms with Crippen LogP contribution in [0.25, 0.3) is 0 Å². The highest BCUT2D eigenvalue weighted by molar-refractivity contribution is 6.32. The molecule has 1 aromatic rings. The van der Waals surface area contributed by atoms with Gasteiger partial charge in [0.15, 0.2) is 11.6 Å². The van der Waals surface area contributed by atoms with Crippen LogP contribution in [0.2, 0.25) is 5.02 Å². The van der Waals surface area contributed by atoms with Crippen molar-refractivity contribution in [1.82, 2.24) is 0 Å². The van der Waals surface area contributed by atoms with Gasteiger partial charge in [0.05, 0.1) is 17.7 Å². The van der Waals surface area contributed by atoms with Gasteiger partial charge in [-0.3, -0.25) is 5.41 Å². The van der Waals surface area contributed by atoms with Gasteiger partial charge in [-0.25, -0.2) is 4.39 Å². The summed E-state index contributed by atoms with van der Waals surface area (Å²) < 4.78 is 18.1. The van der Waals surface area contributed by atoms with Gasteiger partial charge >= 0.3 is 0 Å². The van der Waals surface area contributed by atoms with Gasteiger partial charge in [-0.15, -0.1) is 12.4 Å². The number of halogens is 3. The maximum Gasteiger partial charge on any atom is 0.177 e. The van der Waals surface area contributed by atoms with E-state index in [1.54, 1.807) is 0 Å². The monoisotopic (exact) mass is 238 g/mol. The second kappa shape index (κ2) is 5.02. The van der Waals surface area contributed by atoms with Crippen molar-refractivity contribution in [3.05, 3.63) is 28.5 Å². The number of nitrogens with two attached hydrogens (primary N) is 1. The molecule has 1 rings (SSSR count). The normalized spacial score (nSPS) is 9.07. The molecule has 0 radical (unpaired) electrons. The minimum absolute atomic E-state index is 0. The number of rotatable bonds is 2. The summed E-state index contributed by atoms with van der Waals surface area (Å²) in [7, 11) is 1.30. The second-order valence-corrected chi connectivity index (χ2v) is 2.76. The van der Waals surface area contributed by atoms with Gasteiger partial charge in [-0.05, 0) is 12.1 Å². The first kappa shape index (κ1) is 13.0. The van der Waals surface area contributed by atoms with Crippen LogP contribution in [-0.2, 0) is 0 Å². The predicted molar refractivity (Wildman–Crippen MR) is 56.2 cm³/mol. The molecule has 0 spiro atoms. The first-order valence-corrected chi connectivity index (χ1v) is 3.82. The Morgan fingerprint density at radius 3 is 2.57 bits per heavy atom. The van der Waals surface area contributed by atoms with Crippen LogP contribution in [-0.4, -0.2) is 12.9 Å². The van der Waals surface area contributed by atoms with Crippen molar-refractivity contribution in [1.29, 1.82) is 5.41 Å². The Bertz CT molecular complexity index is 357. The Morgan fingerprint density at radius 1 is 1.57 bits per heavy atom. The predicted octanol–water partition coefficient (Wildman–Crippen LogP) is 2.19. The maximum atomic E-state index is 13.4. The van der Waals surface area contributed by atoms with E-state index >= 15 is 0 Å². The molecule has 0 aliphatic heterocycles. The molecule has 0 fully saturated rings. The van der Waals surface area contributed by atoms with Crippen molar-refractivity contribution in [2.75, 3.05) is 7.11 Å². The molecule has 0 atom stereocenters. The zero-order valence-electron chi connectivity index (χ0n) is 7.30. The molecule has 14 heavy (non-hydrogen) atoms. The topological polar surface area (TPSA) is 59.1 Å². The van der Waals surface area contributed by atoms with Gasteiger partial charge in [0.25, 0.3) is 0 Å². The molecule has 1 aromatic carbocycles. The number of methoxy groups -OCH3 is 1. The molecule has 0 aliphatic carbocycles. The van der Waals surface area contributed by atoms with Gasteiger partial charge in [0.2, 0.25) is 0 Å².